The molecule has 19 heavy (non-hydrogen) atoms. The molecule has 0 aliphatic rings. The number of thiol groups is 1. The number of hydrogen-bond acceptors (Lipinski definition) is 5. The first kappa shape index (κ1) is 15.5. The van der Waals surface area contributed by atoms with Crippen LogP contribution in [0.2, 0.25) is 0 Å². The van der Waals surface area contributed by atoms with Crippen molar-refractivity contribution < 1.29 is 22.1 Å². The van der Waals surface area contributed by atoms with Crippen molar-refractivity contribution >= 4 is 17.1 Å². The number of benzene rings is 1. The van der Waals surface area contributed by atoms with Crippen LogP contribution in [0, 0.1) is 0 Å². The van der Waals surface area contributed by atoms with Crippen LogP contribution in [0.1, 0.15) is 18.4 Å². The Hall–Kier alpha value is -1.60. The zero-order valence-electron chi connectivity index (χ0n) is 10.4. The second-order valence-electron chi connectivity index (χ2n) is 3.75. The van der Waals surface area contributed by atoms with Crippen LogP contribution < -0.4 is 5.32 Å². The van der Waals surface area contributed by atoms with E-state index in [4.69, 9.17) is 4.74 Å². The predicted molar refractivity (Wildman–Crippen MR) is 70.1 cm³/mol. The third-order valence-corrected chi connectivity index (χ3v) is 2.64. The second kappa shape index (κ2) is 9.35. The van der Waals surface area contributed by atoms with Crippen molar-refractivity contribution in [2.24, 2.45) is 0 Å². The summed E-state index contributed by atoms with van der Waals surface area (Å²) >= 11 is 0. The predicted octanol–water partition coefficient (Wildman–Crippen LogP) is 1.24. The third kappa shape index (κ3) is 8.17. The molecule has 0 spiro atoms. The van der Waals surface area contributed by atoms with Gasteiger partial charge in [0.1, 0.15) is 6.61 Å². The van der Waals surface area contributed by atoms with Gasteiger partial charge < -0.3 is 10.1 Å². The summed E-state index contributed by atoms with van der Waals surface area (Å²) in [6.45, 7) is 0.790. The van der Waals surface area contributed by atoms with Gasteiger partial charge in [-0.1, -0.05) is 30.3 Å². The van der Waals surface area contributed by atoms with E-state index in [-0.39, 0.29) is 13.2 Å². The molecular formula is C12H17NO5S. The number of alkyl carbamates (subject to hydrolysis) is 1. The lowest BCUT2D eigenvalue weighted by molar-refractivity contribution is 0.139. The molecule has 0 aliphatic heterocycles. The van der Waals surface area contributed by atoms with Gasteiger partial charge in [0, 0.05) is 6.54 Å². The molecule has 0 bridgehead atoms. The molecule has 0 fully saturated rings. The van der Waals surface area contributed by atoms with E-state index in [9.17, 15) is 13.2 Å². The van der Waals surface area contributed by atoms with Crippen LogP contribution >= 0.6 is 0 Å². The molecule has 1 amide bonds. The molecular weight excluding hydrogens is 270 g/mol. The molecule has 1 aromatic carbocycles. The van der Waals surface area contributed by atoms with Crippen molar-refractivity contribution in [2.75, 3.05) is 13.2 Å². The number of unbranched alkanes of at least 4 members (excludes halogenated alkanes) is 1. The Labute approximate surface area is 113 Å². The fraction of sp³-hybridized carbons (Fsp3) is 0.417. The summed E-state index contributed by atoms with van der Waals surface area (Å²) in [5.74, 6) is 0. The monoisotopic (exact) mass is 287 g/mol. The minimum absolute atomic E-state index is 0.138. The molecule has 0 heterocycles. The summed E-state index contributed by atoms with van der Waals surface area (Å²) < 4.78 is 29.5. The first-order valence-corrected chi connectivity index (χ1v) is 7.00. The maximum atomic E-state index is 11.3. The molecule has 6 nitrogen and oxygen atoms in total. The third-order valence-electron chi connectivity index (χ3n) is 2.25. The zero-order chi connectivity index (χ0) is 13.9. The van der Waals surface area contributed by atoms with Crippen molar-refractivity contribution in [3.05, 3.63) is 35.9 Å². The van der Waals surface area contributed by atoms with E-state index < -0.39 is 17.1 Å². The Bertz CT molecular complexity index is 439. The van der Waals surface area contributed by atoms with Gasteiger partial charge in [-0.3, -0.25) is 4.18 Å². The maximum absolute atomic E-state index is 11.3. The highest BCUT2D eigenvalue weighted by Gasteiger charge is 2.01. The maximum Gasteiger partial charge on any atom is 0.407 e. The number of hydrogen-bond donors (Lipinski definition) is 2. The van der Waals surface area contributed by atoms with E-state index >= 15 is 0 Å². The Kier molecular flexibility index (Phi) is 7.60. The summed E-state index contributed by atoms with van der Waals surface area (Å²) in [6, 6.07) is 9.37. The highest BCUT2D eigenvalue weighted by molar-refractivity contribution is 7.67. The number of rotatable bonds is 8. The molecule has 0 radical (unpaired) electrons. The number of carbonyl (C=O) groups excluding carboxylic acids is 1. The largest absolute Gasteiger partial charge is 0.445 e. The number of amides is 1. The molecule has 0 saturated heterocycles. The first-order valence-electron chi connectivity index (χ1n) is 5.90. The summed E-state index contributed by atoms with van der Waals surface area (Å²) in [6.07, 6.45) is 0.700. The topological polar surface area (TPSA) is 81.7 Å². The normalized spacial score (nSPS) is 10.4. The molecule has 0 aromatic heterocycles. The van der Waals surface area contributed by atoms with E-state index in [1.54, 1.807) is 0 Å². The molecule has 7 heteroatoms. The Morgan fingerprint density at radius 2 is 1.89 bits per heavy atom. The zero-order valence-corrected chi connectivity index (χ0v) is 11.3. The Balaban J connectivity index is 2.02. The molecule has 0 unspecified atom stereocenters. The van der Waals surface area contributed by atoms with E-state index in [2.05, 4.69) is 9.50 Å². The van der Waals surface area contributed by atoms with Crippen molar-refractivity contribution in [3.63, 3.8) is 0 Å². The van der Waals surface area contributed by atoms with Gasteiger partial charge in [0.2, 0.25) is 0 Å². The molecule has 0 aliphatic carbocycles. The van der Waals surface area contributed by atoms with Gasteiger partial charge in [-0.2, -0.15) is 0 Å². The van der Waals surface area contributed by atoms with E-state index in [1.807, 2.05) is 30.3 Å². The minimum atomic E-state index is -2.78. The van der Waals surface area contributed by atoms with Crippen molar-refractivity contribution in [1.82, 2.24) is 5.32 Å². The van der Waals surface area contributed by atoms with Gasteiger partial charge in [0.25, 0.3) is 11.0 Å². The highest BCUT2D eigenvalue weighted by Crippen LogP contribution is 2.00. The fourth-order valence-corrected chi connectivity index (χ4v) is 1.61. The molecule has 1 N–H and O–H groups in total. The van der Waals surface area contributed by atoms with Crippen LogP contribution in [-0.4, -0.2) is 27.7 Å². The van der Waals surface area contributed by atoms with Gasteiger partial charge in [0.15, 0.2) is 0 Å². The summed E-state index contributed by atoms with van der Waals surface area (Å²) in [4.78, 5) is 11.3. The molecule has 106 valence electrons. The van der Waals surface area contributed by atoms with Crippen LogP contribution in [0.3, 0.4) is 0 Å². The van der Waals surface area contributed by atoms with E-state index in [1.165, 1.54) is 0 Å². The number of carbonyl (C=O) groups is 1. The standard InChI is InChI=1S/C12H17NO5S/c14-12(13-8-4-5-9-18-19(15)16)17-10-11-6-2-1-3-7-11/h1-3,6-7,19H,4-5,8-10H2,(H,13,14). The van der Waals surface area contributed by atoms with Crippen molar-refractivity contribution in [3.8, 4) is 0 Å². The van der Waals surface area contributed by atoms with E-state index in [0.717, 1.165) is 5.56 Å². The Morgan fingerprint density at radius 3 is 2.58 bits per heavy atom. The lowest BCUT2D eigenvalue weighted by Gasteiger charge is -2.06. The van der Waals surface area contributed by atoms with Crippen molar-refractivity contribution in [1.29, 1.82) is 0 Å². The molecule has 1 aromatic rings. The van der Waals surface area contributed by atoms with Crippen LogP contribution in [0.5, 0.6) is 0 Å². The Morgan fingerprint density at radius 1 is 1.16 bits per heavy atom. The average Bonchev–Trinajstić information content (AvgIpc) is 2.41. The van der Waals surface area contributed by atoms with Gasteiger partial charge in [-0.15, -0.1) is 0 Å². The number of nitrogens with one attached hydrogen (secondary N) is 1. The summed E-state index contributed by atoms with van der Waals surface area (Å²) in [5.41, 5.74) is 0.922. The van der Waals surface area contributed by atoms with Gasteiger partial charge in [-0.25, -0.2) is 13.2 Å². The number of ether oxygens (including phenoxy) is 1. The molecule has 1 rings (SSSR count). The van der Waals surface area contributed by atoms with Crippen molar-refractivity contribution in [2.45, 2.75) is 19.4 Å². The lowest BCUT2D eigenvalue weighted by Crippen LogP contribution is -2.25. The van der Waals surface area contributed by atoms with Gasteiger partial charge >= 0.3 is 6.09 Å². The van der Waals surface area contributed by atoms with Gasteiger partial charge in [-0.05, 0) is 18.4 Å². The minimum Gasteiger partial charge on any atom is -0.445 e. The van der Waals surface area contributed by atoms with E-state index in [0.29, 0.717) is 19.4 Å². The fourth-order valence-electron chi connectivity index (χ4n) is 1.33. The first-order chi connectivity index (χ1) is 9.18. The van der Waals surface area contributed by atoms with Crippen LogP contribution in [0.4, 0.5) is 4.79 Å². The quantitative estimate of drug-likeness (QED) is 0.555. The average molecular weight is 287 g/mol. The highest BCUT2D eigenvalue weighted by atomic mass is 32.2. The SMILES string of the molecule is O=C(NCCCCO[SH](=O)=O)OCc1ccccc1. The summed E-state index contributed by atoms with van der Waals surface area (Å²) in [5, 5.41) is 2.57. The molecule has 0 saturated carbocycles. The molecule has 0 atom stereocenters. The van der Waals surface area contributed by atoms with Gasteiger partial charge in [0.05, 0.1) is 6.61 Å². The summed E-state index contributed by atoms with van der Waals surface area (Å²) in [7, 11) is -2.78. The van der Waals surface area contributed by atoms with Crippen LogP contribution in [0.15, 0.2) is 30.3 Å². The van der Waals surface area contributed by atoms with Crippen LogP contribution in [0.25, 0.3) is 0 Å². The van der Waals surface area contributed by atoms with Crippen LogP contribution in [-0.2, 0) is 26.5 Å². The lowest BCUT2D eigenvalue weighted by atomic mass is 10.2. The smallest absolute Gasteiger partial charge is 0.407 e. The second-order valence-corrected chi connectivity index (χ2v) is 4.46.